The molecule has 19 heavy (non-hydrogen) atoms. The molecule has 100 valence electrons. The van der Waals surface area contributed by atoms with E-state index in [-0.39, 0.29) is 6.04 Å². The Labute approximate surface area is 115 Å². The first-order valence-corrected chi connectivity index (χ1v) is 6.95. The van der Waals surface area contributed by atoms with Crippen LogP contribution in [0.15, 0.2) is 54.9 Å². The molecular weight excluding hydrogens is 232 g/mol. The molecule has 2 heteroatoms. The molecule has 1 heterocycles. The van der Waals surface area contributed by atoms with Crippen LogP contribution in [0.1, 0.15) is 37.4 Å². The van der Waals surface area contributed by atoms with E-state index in [9.17, 15) is 0 Å². The maximum absolute atomic E-state index is 4.10. The van der Waals surface area contributed by atoms with Crippen LogP contribution >= 0.6 is 0 Å². The highest BCUT2D eigenvalue weighted by Crippen LogP contribution is 2.21. The smallest absolute Gasteiger partial charge is 0.0577 e. The zero-order chi connectivity index (χ0) is 13.5. The van der Waals surface area contributed by atoms with E-state index in [2.05, 4.69) is 66.6 Å². The first-order valence-electron chi connectivity index (χ1n) is 6.95. The lowest BCUT2D eigenvalue weighted by atomic mass is 9.99. The summed E-state index contributed by atoms with van der Waals surface area (Å²) in [4.78, 5) is 4.10. The van der Waals surface area contributed by atoms with Crippen LogP contribution in [0.5, 0.6) is 0 Å². The second-order valence-corrected chi connectivity index (χ2v) is 5.26. The van der Waals surface area contributed by atoms with Crippen LogP contribution < -0.4 is 5.32 Å². The number of benzene rings is 1. The number of rotatable bonds is 6. The van der Waals surface area contributed by atoms with Crippen molar-refractivity contribution in [3.05, 3.63) is 66.0 Å². The SMILES string of the molecule is CC(C)CCNC(c1ccccc1)c1ccncc1. The lowest BCUT2D eigenvalue weighted by Gasteiger charge is -2.20. The molecule has 1 atom stereocenters. The van der Waals surface area contributed by atoms with Crippen LogP contribution in [0.2, 0.25) is 0 Å². The number of pyridine rings is 1. The van der Waals surface area contributed by atoms with Crippen LogP contribution in [-0.2, 0) is 0 Å². The lowest BCUT2D eigenvalue weighted by Crippen LogP contribution is -2.24. The average molecular weight is 254 g/mol. The molecule has 0 spiro atoms. The second-order valence-electron chi connectivity index (χ2n) is 5.26. The van der Waals surface area contributed by atoms with Crippen molar-refractivity contribution in [3.8, 4) is 0 Å². The van der Waals surface area contributed by atoms with Crippen LogP contribution in [0.25, 0.3) is 0 Å². The van der Waals surface area contributed by atoms with Gasteiger partial charge in [0, 0.05) is 12.4 Å². The molecule has 0 aliphatic rings. The fraction of sp³-hybridized carbons (Fsp3) is 0.353. The molecule has 0 saturated carbocycles. The summed E-state index contributed by atoms with van der Waals surface area (Å²) in [5.74, 6) is 0.723. The first kappa shape index (κ1) is 13.8. The van der Waals surface area contributed by atoms with Crippen molar-refractivity contribution in [1.29, 1.82) is 0 Å². The molecule has 0 bridgehead atoms. The van der Waals surface area contributed by atoms with Crippen molar-refractivity contribution in [1.82, 2.24) is 10.3 Å². The maximum Gasteiger partial charge on any atom is 0.0577 e. The summed E-state index contributed by atoms with van der Waals surface area (Å²) in [6.07, 6.45) is 4.90. The zero-order valence-corrected chi connectivity index (χ0v) is 11.7. The molecule has 2 aromatic rings. The van der Waals surface area contributed by atoms with Crippen LogP contribution in [0.3, 0.4) is 0 Å². The van der Waals surface area contributed by atoms with Crippen molar-refractivity contribution in [2.24, 2.45) is 5.92 Å². The van der Waals surface area contributed by atoms with Gasteiger partial charge >= 0.3 is 0 Å². The zero-order valence-electron chi connectivity index (χ0n) is 11.7. The van der Waals surface area contributed by atoms with Gasteiger partial charge in [0.1, 0.15) is 0 Å². The second kappa shape index (κ2) is 7.05. The maximum atomic E-state index is 4.10. The minimum atomic E-state index is 0.253. The van der Waals surface area contributed by atoms with Crippen LogP contribution in [0, 0.1) is 5.92 Å². The summed E-state index contributed by atoms with van der Waals surface area (Å²) in [7, 11) is 0. The number of aromatic nitrogens is 1. The van der Waals surface area contributed by atoms with Crippen molar-refractivity contribution in [2.45, 2.75) is 26.3 Å². The summed E-state index contributed by atoms with van der Waals surface area (Å²) in [5.41, 5.74) is 2.57. The Kier molecular flexibility index (Phi) is 5.10. The number of hydrogen-bond donors (Lipinski definition) is 1. The minimum absolute atomic E-state index is 0.253. The van der Waals surface area contributed by atoms with Gasteiger partial charge in [-0.3, -0.25) is 4.98 Å². The quantitative estimate of drug-likeness (QED) is 0.848. The van der Waals surface area contributed by atoms with E-state index in [1.165, 1.54) is 17.5 Å². The van der Waals surface area contributed by atoms with Gasteiger partial charge < -0.3 is 5.32 Å². The predicted molar refractivity (Wildman–Crippen MR) is 80.0 cm³/mol. The monoisotopic (exact) mass is 254 g/mol. The molecule has 0 fully saturated rings. The Morgan fingerprint density at radius 2 is 1.58 bits per heavy atom. The third-order valence-corrected chi connectivity index (χ3v) is 3.24. The van der Waals surface area contributed by atoms with E-state index in [0.29, 0.717) is 0 Å². The van der Waals surface area contributed by atoms with Crippen LogP contribution in [0.4, 0.5) is 0 Å². The summed E-state index contributed by atoms with van der Waals surface area (Å²) >= 11 is 0. The van der Waals surface area contributed by atoms with Gasteiger partial charge in [-0.2, -0.15) is 0 Å². The van der Waals surface area contributed by atoms with E-state index in [1.54, 1.807) is 0 Å². The van der Waals surface area contributed by atoms with Gasteiger partial charge in [0.25, 0.3) is 0 Å². The van der Waals surface area contributed by atoms with Gasteiger partial charge in [-0.05, 0) is 42.1 Å². The molecule has 0 saturated heterocycles. The topological polar surface area (TPSA) is 24.9 Å². The fourth-order valence-electron chi connectivity index (χ4n) is 2.15. The molecule has 1 N–H and O–H groups in total. The predicted octanol–water partition coefficient (Wildman–Crippen LogP) is 3.81. The van der Waals surface area contributed by atoms with E-state index in [4.69, 9.17) is 0 Å². The van der Waals surface area contributed by atoms with Gasteiger partial charge in [-0.15, -0.1) is 0 Å². The molecule has 2 rings (SSSR count). The third-order valence-electron chi connectivity index (χ3n) is 3.24. The molecule has 1 unspecified atom stereocenters. The molecule has 0 amide bonds. The Balaban J connectivity index is 2.14. The Morgan fingerprint density at radius 3 is 2.21 bits per heavy atom. The van der Waals surface area contributed by atoms with Crippen LogP contribution in [-0.4, -0.2) is 11.5 Å². The molecular formula is C17H22N2. The Bertz CT molecular complexity index is 426. The van der Waals surface area contributed by atoms with Gasteiger partial charge in [0.05, 0.1) is 6.04 Å². The highest BCUT2D eigenvalue weighted by atomic mass is 14.9. The van der Waals surface area contributed by atoms with E-state index in [0.717, 1.165) is 12.5 Å². The largest absolute Gasteiger partial charge is 0.306 e. The van der Waals surface area contributed by atoms with E-state index >= 15 is 0 Å². The van der Waals surface area contributed by atoms with Crippen molar-refractivity contribution < 1.29 is 0 Å². The lowest BCUT2D eigenvalue weighted by molar-refractivity contribution is 0.510. The first-order chi connectivity index (χ1) is 9.27. The van der Waals surface area contributed by atoms with Crippen molar-refractivity contribution in [2.75, 3.05) is 6.54 Å². The normalized spacial score (nSPS) is 12.6. The number of nitrogens with one attached hydrogen (secondary N) is 1. The van der Waals surface area contributed by atoms with Gasteiger partial charge in [-0.25, -0.2) is 0 Å². The molecule has 0 aliphatic carbocycles. The highest BCUT2D eigenvalue weighted by molar-refractivity contribution is 5.30. The number of hydrogen-bond acceptors (Lipinski definition) is 2. The minimum Gasteiger partial charge on any atom is -0.306 e. The Morgan fingerprint density at radius 1 is 0.947 bits per heavy atom. The molecule has 0 aliphatic heterocycles. The standard InChI is InChI=1S/C17H22N2/c1-14(2)8-13-19-17(15-6-4-3-5-7-15)16-9-11-18-12-10-16/h3-7,9-12,14,17,19H,8,13H2,1-2H3. The highest BCUT2D eigenvalue weighted by Gasteiger charge is 2.12. The summed E-state index contributed by atoms with van der Waals surface area (Å²) in [5, 5.41) is 3.66. The number of nitrogens with zero attached hydrogens (tertiary/aromatic N) is 1. The average Bonchev–Trinajstić information content (AvgIpc) is 2.45. The molecule has 0 radical (unpaired) electrons. The summed E-state index contributed by atoms with van der Waals surface area (Å²) in [6, 6.07) is 15.0. The van der Waals surface area contributed by atoms with Gasteiger partial charge in [0.15, 0.2) is 0 Å². The molecule has 2 nitrogen and oxygen atoms in total. The van der Waals surface area contributed by atoms with Gasteiger partial charge in [0.2, 0.25) is 0 Å². The molecule has 1 aromatic carbocycles. The molecule has 1 aromatic heterocycles. The Hall–Kier alpha value is -1.67. The summed E-state index contributed by atoms with van der Waals surface area (Å²) in [6.45, 7) is 5.54. The van der Waals surface area contributed by atoms with E-state index in [1.807, 2.05) is 12.4 Å². The summed E-state index contributed by atoms with van der Waals surface area (Å²) < 4.78 is 0. The van der Waals surface area contributed by atoms with Gasteiger partial charge in [-0.1, -0.05) is 44.2 Å². The third kappa shape index (κ3) is 4.18. The van der Waals surface area contributed by atoms with E-state index < -0.39 is 0 Å². The fourth-order valence-corrected chi connectivity index (χ4v) is 2.15. The van der Waals surface area contributed by atoms with Crippen molar-refractivity contribution >= 4 is 0 Å². The van der Waals surface area contributed by atoms with Crippen molar-refractivity contribution in [3.63, 3.8) is 0 Å².